The number of rotatable bonds is 5. The Morgan fingerprint density at radius 2 is 0.855 bits per heavy atom. The van der Waals surface area contributed by atoms with Crippen molar-refractivity contribution >= 4 is 54.3 Å². The Labute approximate surface area is 317 Å². The van der Waals surface area contributed by atoms with Gasteiger partial charge in [0.1, 0.15) is 11.2 Å². The number of benzene rings is 9. The topological polar surface area (TPSA) is 51.8 Å². The molecular weight excluding hydrogens is 671 g/mol. The zero-order valence-electron chi connectivity index (χ0n) is 29.6. The fourth-order valence-corrected chi connectivity index (χ4v) is 8.04. The van der Waals surface area contributed by atoms with Crippen LogP contribution < -0.4 is 0 Å². The molecule has 4 nitrogen and oxygen atoms in total. The lowest BCUT2D eigenvalue weighted by Gasteiger charge is -2.13. The number of furan rings is 1. The van der Waals surface area contributed by atoms with E-state index in [2.05, 4.69) is 158 Å². The Hall–Kier alpha value is -7.43. The van der Waals surface area contributed by atoms with Gasteiger partial charge in [0.05, 0.1) is 0 Å². The van der Waals surface area contributed by atoms with E-state index in [1.165, 1.54) is 21.9 Å². The van der Waals surface area contributed by atoms with E-state index in [9.17, 15) is 0 Å². The first-order valence-electron chi connectivity index (χ1n) is 18.5. The van der Waals surface area contributed by atoms with Crippen LogP contribution in [0.5, 0.6) is 0 Å². The van der Waals surface area contributed by atoms with Crippen molar-refractivity contribution in [2.75, 3.05) is 0 Å². The average molecular weight is 702 g/mol. The lowest BCUT2D eigenvalue weighted by atomic mass is 9.93. The number of aromatic nitrogens is 3. The second-order valence-electron chi connectivity index (χ2n) is 14.0. The first-order valence-corrected chi connectivity index (χ1v) is 18.5. The van der Waals surface area contributed by atoms with Gasteiger partial charge in [0.25, 0.3) is 0 Å². The van der Waals surface area contributed by atoms with Gasteiger partial charge in [0.15, 0.2) is 17.5 Å². The normalized spacial score (nSPS) is 11.6. The van der Waals surface area contributed by atoms with Crippen LogP contribution >= 0.6 is 0 Å². The van der Waals surface area contributed by atoms with Crippen LogP contribution in [0.1, 0.15) is 0 Å². The van der Waals surface area contributed by atoms with Crippen molar-refractivity contribution in [3.05, 3.63) is 188 Å². The van der Waals surface area contributed by atoms with E-state index in [4.69, 9.17) is 19.4 Å². The van der Waals surface area contributed by atoms with Crippen LogP contribution in [0.15, 0.2) is 192 Å². The molecule has 0 saturated heterocycles. The molecule has 0 unspecified atom stereocenters. The summed E-state index contributed by atoms with van der Waals surface area (Å²) in [6.45, 7) is 0. The van der Waals surface area contributed by atoms with E-state index in [1.54, 1.807) is 0 Å². The van der Waals surface area contributed by atoms with E-state index in [1.807, 2.05) is 30.3 Å². The van der Waals surface area contributed by atoms with Gasteiger partial charge >= 0.3 is 0 Å². The van der Waals surface area contributed by atoms with Gasteiger partial charge in [0, 0.05) is 32.8 Å². The molecule has 0 spiro atoms. The zero-order chi connectivity index (χ0) is 36.3. The summed E-state index contributed by atoms with van der Waals surface area (Å²) in [5.41, 5.74) is 9.25. The van der Waals surface area contributed by atoms with Crippen LogP contribution in [0.25, 0.3) is 111 Å². The number of fused-ring (bicyclic) bond motifs is 7. The fourth-order valence-electron chi connectivity index (χ4n) is 8.04. The van der Waals surface area contributed by atoms with Crippen molar-refractivity contribution in [1.82, 2.24) is 15.0 Å². The highest BCUT2D eigenvalue weighted by molar-refractivity contribution is 6.20. The van der Waals surface area contributed by atoms with Crippen molar-refractivity contribution in [2.45, 2.75) is 0 Å². The van der Waals surface area contributed by atoms with Gasteiger partial charge in [-0.2, -0.15) is 0 Å². The third-order valence-electron chi connectivity index (χ3n) is 10.7. The molecule has 0 saturated carbocycles. The van der Waals surface area contributed by atoms with Crippen molar-refractivity contribution in [1.29, 1.82) is 0 Å². The number of nitrogens with zero attached hydrogens (tertiary/aromatic N) is 3. The maximum absolute atomic E-state index is 6.61. The molecule has 11 aromatic rings. The highest BCUT2D eigenvalue weighted by Gasteiger charge is 2.19. The SMILES string of the molecule is c1ccc(-c2nc(-c3ccc4ccccc4c3)nc(-c3ccc(-c4ccc5oc6c7ccccc7c(-c7ccccc7)cc6c5c4)c4ccccc34)n2)cc1. The molecule has 0 bridgehead atoms. The number of hydrogen-bond donors (Lipinski definition) is 0. The summed E-state index contributed by atoms with van der Waals surface area (Å²) in [6.07, 6.45) is 0. The van der Waals surface area contributed by atoms with E-state index >= 15 is 0 Å². The summed E-state index contributed by atoms with van der Waals surface area (Å²) in [5, 5.41) is 9.01. The highest BCUT2D eigenvalue weighted by atomic mass is 16.3. The lowest BCUT2D eigenvalue weighted by Crippen LogP contribution is -2.00. The van der Waals surface area contributed by atoms with Gasteiger partial charge in [0.2, 0.25) is 0 Å². The molecule has 0 N–H and O–H groups in total. The average Bonchev–Trinajstić information content (AvgIpc) is 3.64. The van der Waals surface area contributed by atoms with Gasteiger partial charge in [-0.1, -0.05) is 158 Å². The van der Waals surface area contributed by atoms with E-state index in [0.29, 0.717) is 17.5 Å². The largest absolute Gasteiger partial charge is 0.455 e. The van der Waals surface area contributed by atoms with Gasteiger partial charge in [-0.15, -0.1) is 0 Å². The molecule has 256 valence electrons. The molecule has 0 radical (unpaired) electrons. The van der Waals surface area contributed by atoms with E-state index in [0.717, 1.165) is 71.3 Å². The maximum atomic E-state index is 6.61. The summed E-state index contributed by atoms with van der Waals surface area (Å²) < 4.78 is 6.61. The van der Waals surface area contributed by atoms with Gasteiger partial charge < -0.3 is 4.42 Å². The maximum Gasteiger partial charge on any atom is 0.164 e. The van der Waals surface area contributed by atoms with Crippen LogP contribution in [0, 0.1) is 0 Å². The molecule has 0 aliphatic heterocycles. The molecular formula is C51H31N3O. The molecule has 0 aliphatic carbocycles. The van der Waals surface area contributed by atoms with E-state index < -0.39 is 0 Å². The monoisotopic (exact) mass is 701 g/mol. The lowest BCUT2D eigenvalue weighted by molar-refractivity contribution is 0.673. The van der Waals surface area contributed by atoms with Crippen molar-refractivity contribution in [3.63, 3.8) is 0 Å². The van der Waals surface area contributed by atoms with Gasteiger partial charge in [-0.3, -0.25) is 0 Å². The van der Waals surface area contributed by atoms with Crippen molar-refractivity contribution < 1.29 is 4.42 Å². The van der Waals surface area contributed by atoms with Crippen molar-refractivity contribution in [3.8, 4) is 56.4 Å². The van der Waals surface area contributed by atoms with Crippen LogP contribution in [0.2, 0.25) is 0 Å². The summed E-state index contributed by atoms with van der Waals surface area (Å²) >= 11 is 0. The Balaban J connectivity index is 1.09. The smallest absolute Gasteiger partial charge is 0.164 e. The molecule has 0 fully saturated rings. The summed E-state index contributed by atoms with van der Waals surface area (Å²) in [4.78, 5) is 15.3. The first kappa shape index (κ1) is 31.1. The minimum absolute atomic E-state index is 0.636. The minimum Gasteiger partial charge on any atom is -0.455 e. The van der Waals surface area contributed by atoms with E-state index in [-0.39, 0.29) is 0 Å². The molecule has 2 heterocycles. The summed E-state index contributed by atoms with van der Waals surface area (Å²) in [6, 6.07) is 65.8. The first-order chi connectivity index (χ1) is 27.2. The molecule has 0 aliphatic rings. The highest BCUT2D eigenvalue weighted by Crippen LogP contribution is 2.42. The molecule has 2 aromatic heterocycles. The molecule has 0 atom stereocenters. The quantitative estimate of drug-likeness (QED) is 0.179. The molecule has 9 aromatic carbocycles. The van der Waals surface area contributed by atoms with Gasteiger partial charge in [-0.05, 0) is 79.5 Å². The second kappa shape index (κ2) is 12.6. The molecule has 55 heavy (non-hydrogen) atoms. The van der Waals surface area contributed by atoms with Gasteiger partial charge in [-0.25, -0.2) is 15.0 Å². The minimum atomic E-state index is 0.636. The third-order valence-corrected chi connectivity index (χ3v) is 10.7. The Morgan fingerprint density at radius 3 is 1.62 bits per heavy atom. The fraction of sp³-hybridized carbons (Fsp3) is 0. The van der Waals surface area contributed by atoms with Crippen LogP contribution in [-0.4, -0.2) is 15.0 Å². The summed E-state index contributed by atoms with van der Waals surface area (Å²) in [7, 11) is 0. The number of hydrogen-bond acceptors (Lipinski definition) is 4. The van der Waals surface area contributed by atoms with Crippen molar-refractivity contribution in [2.24, 2.45) is 0 Å². The Morgan fingerprint density at radius 1 is 0.291 bits per heavy atom. The standard InChI is InChI=1S/C51H31N3O/c1-3-14-33(15-4-1)44-31-46-45-30-36(25-28-47(45)55-48(46)42-22-12-11-21-41(42)44)38-26-27-43(40-20-10-9-19-39(38)40)51-53-49(34-16-5-2-6-17-34)52-50(54-51)37-24-23-32-13-7-8-18-35(32)29-37/h1-31H. The van der Waals surface area contributed by atoms with Crippen LogP contribution in [0.4, 0.5) is 0 Å². The molecule has 4 heteroatoms. The molecule has 0 amide bonds. The zero-order valence-corrected chi connectivity index (χ0v) is 29.6. The summed E-state index contributed by atoms with van der Waals surface area (Å²) in [5.74, 6) is 1.92. The Kier molecular flexibility index (Phi) is 7.14. The van der Waals surface area contributed by atoms with Crippen LogP contribution in [0.3, 0.4) is 0 Å². The third kappa shape index (κ3) is 5.26. The predicted molar refractivity (Wildman–Crippen MR) is 227 cm³/mol. The molecule has 11 rings (SSSR count). The Bertz CT molecular complexity index is 3260. The van der Waals surface area contributed by atoms with Crippen LogP contribution in [-0.2, 0) is 0 Å². The second-order valence-corrected chi connectivity index (χ2v) is 14.0. The predicted octanol–water partition coefficient (Wildman–Crippen LogP) is 13.6.